The van der Waals surface area contributed by atoms with Gasteiger partial charge in [-0.1, -0.05) is 0 Å². The molecule has 0 aromatic carbocycles. The summed E-state index contributed by atoms with van der Waals surface area (Å²) in [5.74, 6) is -1.55. The van der Waals surface area contributed by atoms with E-state index in [9.17, 15) is 19.2 Å². The second-order valence-electron chi connectivity index (χ2n) is 3.24. The standard InChI is InChI=1S/C8H6N4O5/c1-12-6(14)2-4(11-8(12)17)10-5(13)3(9-2)7(15)16/h1H3,(H,15,16)(H2,10,11,13,17). The van der Waals surface area contributed by atoms with E-state index in [1.54, 1.807) is 0 Å². The number of nitrogens with one attached hydrogen (secondary N) is 2. The molecule has 2 heterocycles. The zero-order valence-electron chi connectivity index (χ0n) is 8.47. The Labute approximate surface area is 91.4 Å². The predicted octanol–water partition coefficient (Wildman–Crippen LogP) is -1.99. The number of nitrogens with zero attached hydrogens (tertiary/aromatic N) is 2. The van der Waals surface area contributed by atoms with E-state index in [1.165, 1.54) is 7.05 Å². The fourth-order valence-corrected chi connectivity index (χ4v) is 1.28. The summed E-state index contributed by atoms with van der Waals surface area (Å²) in [6, 6.07) is 0. The molecule has 3 N–H and O–H groups in total. The lowest BCUT2D eigenvalue weighted by molar-refractivity contribution is 0.0689. The van der Waals surface area contributed by atoms with Crippen LogP contribution in [0.4, 0.5) is 0 Å². The van der Waals surface area contributed by atoms with Gasteiger partial charge in [-0.2, -0.15) is 0 Å². The molecule has 88 valence electrons. The monoisotopic (exact) mass is 238 g/mol. The van der Waals surface area contributed by atoms with Crippen molar-refractivity contribution in [1.29, 1.82) is 0 Å². The Morgan fingerprint density at radius 1 is 1.29 bits per heavy atom. The molecule has 0 aliphatic rings. The number of carboxylic acid groups (broad SMARTS) is 1. The molecule has 0 bridgehead atoms. The molecule has 2 rings (SSSR count). The molecule has 17 heavy (non-hydrogen) atoms. The maximum Gasteiger partial charge on any atom is 0.360 e. The highest BCUT2D eigenvalue weighted by Gasteiger charge is 2.15. The maximum atomic E-state index is 11.6. The molecule has 0 atom stereocenters. The van der Waals surface area contributed by atoms with Gasteiger partial charge in [0.05, 0.1) is 0 Å². The molecular formula is C8H6N4O5. The van der Waals surface area contributed by atoms with Crippen molar-refractivity contribution in [3.63, 3.8) is 0 Å². The average molecular weight is 238 g/mol. The fourth-order valence-electron chi connectivity index (χ4n) is 1.28. The smallest absolute Gasteiger partial charge is 0.360 e. The quantitative estimate of drug-likeness (QED) is 0.525. The number of H-pyrrole nitrogens is 2. The zero-order chi connectivity index (χ0) is 12.7. The van der Waals surface area contributed by atoms with Crippen LogP contribution in [0, 0.1) is 0 Å². The number of hydrogen-bond donors (Lipinski definition) is 3. The molecule has 0 unspecified atom stereocenters. The Bertz CT molecular complexity index is 796. The van der Waals surface area contributed by atoms with Crippen molar-refractivity contribution in [2.75, 3.05) is 0 Å². The van der Waals surface area contributed by atoms with Crippen molar-refractivity contribution < 1.29 is 9.90 Å². The third-order valence-electron chi connectivity index (χ3n) is 2.16. The molecule has 0 spiro atoms. The zero-order valence-corrected chi connectivity index (χ0v) is 8.47. The summed E-state index contributed by atoms with van der Waals surface area (Å²) >= 11 is 0. The molecule has 0 aliphatic carbocycles. The predicted molar refractivity (Wildman–Crippen MR) is 55.2 cm³/mol. The maximum absolute atomic E-state index is 11.6. The van der Waals surface area contributed by atoms with E-state index in [0.29, 0.717) is 0 Å². The Kier molecular flexibility index (Phi) is 2.16. The molecule has 9 nitrogen and oxygen atoms in total. The highest BCUT2D eigenvalue weighted by atomic mass is 16.4. The van der Waals surface area contributed by atoms with Gasteiger partial charge in [0.25, 0.3) is 11.1 Å². The van der Waals surface area contributed by atoms with Gasteiger partial charge in [-0.15, -0.1) is 0 Å². The number of rotatable bonds is 1. The highest BCUT2D eigenvalue weighted by Crippen LogP contribution is 1.95. The van der Waals surface area contributed by atoms with E-state index in [-0.39, 0.29) is 11.2 Å². The van der Waals surface area contributed by atoms with Gasteiger partial charge in [-0.05, 0) is 0 Å². The minimum absolute atomic E-state index is 0.201. The van der Waals surface area contributed by atoms with Crippen molar-refractivity contribution in [1.82, 2.24) is 19.5 Å². The summed E-state index contributed by atoms with van der Waals surface area (Å²) in [4.78, 5) is 52.5. The summed E-state index contributed by atoms with van der Waals surface area (Å²) in [5.41, 5.74) is -3.83. The van der Waals surface area contributed by atoms with Crippen LogP contribution in [0.3, 0.4) is 0 Å². The van der Waals surface area contributed by atoms with Gasteiger partial charge in [0.15, 0.2) is 5.52 Å². The lowest BCUT2D eigenvalue weighted by Crippen LogP contribution is -2.35. The van der Waals surface area contributed by atoms with Crippen molar-refractivity contribution in [3.8, 4) is 0 Å². The minimum atomic E-state index is -1.55. The first-order valence-corrected chi connectivity index (χ1v) is 4.38. The van der Waals surface area contributed by atoms with E-state index in [4.69, 9.17) is 5.11 Å². The van der Waals surface area contributed by atoms with E-state index >= 15 is 0 Å². The third kappa shape index (κ3) is 1.53. The van der Waals surface area contributed by atoms with Gasteiger partial charge in [-0.3, -0.25) is 19.1 Å². The topological polar surface area (TPSA) is 138 Å². The van der Waals surface area contributed by atoms with Crippen molar-refractivity contribution in [2.24, 2.45) is 7.05 Å². The molecule has 2 aromatic rings. The van der Waals surface area contributed by atoms with E-state index in [0.717, 1.165) is 4.57 Å². The van der Waals surface area contributed by atoms with Crippen LogP contribution in [0.2, 0.25) is 0 Å². The first kappa shape index (κ1) is 10.8. The molecule has 0 saturated carbocycles. The van der Waals surface area contributed by atoms with Gasteiger partial charge in [0, 0.05) is 7.05 Å². The van der Waals surface area contributed by atoms with Crippen LogP contribution in [-0.4, -0.2) is 30.6 Å². The molecular weight excluding hydrogens is 232 g/mol. The number of aromatic amines is 2. The van der Waals surface area contributed by atoms with Crippen LogP contribution in [0.15, 0.2) is 14.4 Å². The molecule has 0 aliphatic heterocycles. The van der Waals surface area contributed by atoms with Crippen LogP contribution < -0.4 is 16.8 Å². The van der Waals surface area contributed by atoms with Crippen molar-refractivity contribution in [3.05, 3.63) is 36.9 Å². The summed E-state index contributed by atoms with van der Waals surface area (Å²) in [6.45, 7) is 0. The normalized spacial score (nSPS) is 10.6. The first-order valence-electron chi connectivity index (χ1n) is 4.38. The van der Waals surface area contributed by atoms with Crippen LogP contribution in [0.1, 0.15) is 10.5 Å². The largest absolute Gasteiger partial charge is 0.476 e. The third-order valence-corrected chi connectivity index (χ3v) is 2.16. The lowest BCUT2D eigenvalue weighted by Gasteiger charge is -2.00. The number of hydrogen-bond acceptors (Lipinski definition) is 5. The minimum Gasteiger partial charge on any atom is -0.476 e. The summed E-state index contributed by atoms with van der Waals surface area (Å²) in [7, 11) is 1.20. The summed E-state index contributed by atoms with van der Waals surface area (Å²) in [5, 5.41) is 8.68. The van der Waals surface area contributed by atoms with Crippen LogP contribution >= 0.6 is 0 Å². The van der Waals surface area contributed by atoms with E-state index in [2.05, 4.69) is 15.0 Å². The first-order chi connectivity index (χ1) is 7.91. The van der Waals surface area contributed by atoms with E-state index < -0.39 is 28.5 Å². The van der Waals surface area contributed by atoms with Gasteiger partial charge in [0.1, 0.15) is 5.65 Å². The number of carboxylic acids is 1. The van der Waals surface area contributed by atoms with Crippen molar-refractivity contribution in [2.45, 2.75) is 0 Å². The number of fused-ring (bicyclic) bond motifs is 1. The Hall–Kier alpha value is -2.71. The number of aromatic carboxylic acids is 1. The molecule has 0 fully saturated rings. The Morgan fingerprint density at radius 3 is 2.53 bits per heavy atom. The second kappa shape index (κ2) is 3.40. The van der Waals surface area contributed by atoms with Gasteiger partial charge >= 0.3 is 11.7 Å². The molecule has 0 saturated heterocycles. The van der Waals surface area contributed by atoms with Gasteiger partial charge < -0.3 is 10.1 Å². The van der Waals surface area contributed by atoms with E-state index in [1.807, 2.05) is 0 Å². The highest BCUT2D eigenvalue weighted by molar-refractivity contribution is 5.86. The van der Waals surface area contributed by atoms with Crippen LogP contribution in [-0.2, 0) is 7.05 Å². The molecule has 0 amide bonds. The van der Waals surface area contributed by atoms with Crippen molar-refractivity contribution >= 4 is 17.1 Å². The van der Waals surface area contributed by atoms with Crippen LogP contribution in [0.5, 0.6) is 0 Å². The fraction of sp³-hybridized carbons (Fsp3) is 0.125. The molecule has 9 heteroatoms. The lowest BCUT2D eigenvalue weighted by atomic mass is 10.4. The summed E-state index contributed by atoms with van der Waals surface area (Å²) < 4.78 is 0.722. The SMILES string of the molecule is Cn1c(=O)[nH]c2[nH]c(=O)c(C(=O)O)nc2c1=O. The molecule has 2 aromatic heterocycles. The molecule has 0 radical (unpaired) electrons. The van der Waals surface area contributed by atoms with Gasteiger partial charge in [0.2, 0.25) is 5.69 Å². The Morgan fingerprint density at radius 2 is 1.94 bits per heavy atom. The average Bonchev–Trinajstić information content (AvgIpc) is 2.25. The number of carbonyl (C=O) groups is 1. The van der Waals surface area contributed by atoms with Gasteiger partial charge in [-0.25, -0.2) is 14.6 Å². The second-order valence-corrected chi connectivity index (χ2v) is 3.24. The Balaban J connectivity index is 3.06. The number of aromatic nitrogens is 4. The van der Waals surface area contributed by atoms with Crippen LogP contribution in [0.25, 0.3) is 11.2 Å². The summed E-state index contributed by atoms with van der Waals surface area (Å²) in [6.07, 6.45) is 0.